The number of nitrogens with one attached hydrogen (secondary N) is 3. The second kappa shape index (κ2) is 4.35. The predicted molar refractivity (Wildman–Crippen MR) is 40.6 cm³/mol. The van der Waals surface area contributed by atoms with E-state index in [1.54, 1.807) is 12.5 Å². The van der Waals surface area contributed by atoms with Crippen LogP contribution in [0.2, 0.25) is 0 Å². The van der Waals surface area contributed by atoms with Crippen LogP contribution >= 0.6 is 0 Å². The second-order valence-electron chi connectivity index (χ2n) is 2.19. The number of urea groups is 1. The summed E-state index contributed by atoms with van der Waals surface area (Å²) in [6.45, 7) is 0.453. The lowest BCUT2D eigenvalue weighted by molar-refractivity contribution is 0.162. The van der Waals surface area contributed by atoms with Crippen molar-refractivity contribution in [1.82, 2.24) is 20.8 Å². The summed E-state index contributed by atoms with van der Waals surface area (Å²) in [5, 5.41) is 10.5. The number of H-pyrrole nitrogens is 1. The highest BCUT2D eigenvalue weighted by atomic mass is 16.5. The number of amides is 2. The molecule has 0 aliphatic carbocycles. The normalized spacial score (nSPS) is 9.42. The first kappa shape index (κ1) is 8.54. The van der Waals surface area contributed by atoms with Crippen molar-refractivity contribution in [2.45, 2.75) is 6.42 Å². The van der Waals surface area contributed by atoms with Crippen LogP contribution in [-0.2, 0) is 6.42 Å². The second-order valence-corrected chi connectivity index (χ2v) is 2.19. The summed E-state index contributed by atoms with van der Waals surface area (Å²) in [6.07, 6.45) is 3.91. The molecule has 0 saturated heterocycles. The van der Waals surface area contributed by atoms with Gasteiger partial charge in [-0.3, -0.25) is 5.21 Å². The molecule has 6 nitrogen and oxygen atoms in total. The van der Waals surface area contributed by atoms with Crippen molar-refractivity contribution in [2.24, 2.45) is 0 Å². The van der Waals surface area contributed by atoms with E-state index in [0.717, 1.165) is 5.69 Å². The number of nitrogens with zero attached hydrogens (tertiary/aromatic N) is 1. The number of hydrogen-bond donors (Lipinski definition) is 4. The highest BCUT2D eigenvalue weighted by Gasteiger charge is 1.96. The molecule has 0 spiro atoms. The van der Waals surface area contributed by atoms with Gasteiger partial charge in [-0.1, -0.05) is 0 Å². The Morgan fingerprint density at radius 1 is 1.75 bits per heavy atom. The molecule has 0 aliphatic heterocycles. The van der Waals surface area contributed by atoms with Gasteiger partial charge < -0.3 is 10.3 Å². The maximum absolute atomic E-state index is 10.4. The van der Waals surface area contributed by atoms with Gasteiger partial charge in [0, 0.05) is 24.9 Å². The van der Waals surface area contributed by atoms with Crippen LogP contribution < -0.4 is 10.8 Å². The van der Waals surface area contributed by atoms with E-state index in [-0.39, 0.29) is 0 Å². The smallest absolute Gasteiger partial charge is 0.338 e. The van der Waals surface area contributed by atoms with E-state index >= 15 is 0 Å². The molecule has 0 unspecified atom stereocenters. The van der Waals surface area contributed by atoms with Crippen LogP contribution in [0.4, 0.5) is 4.79 Å². The summed E-state index contributed by atoms with van der Waals surface area (Å²) < 4.78 is 0. The van der Waals surface area contributed by atoms with Crippen LogP contribution in [0.15, 0.2) is 12.5 Å². The molecular weight excluding hydrogens is 160 g/mol. The van der Waals surface area contributed by atoms with Gasteiger partial charge in [-0.05, 0) is 0 Å². The fraction of sp³-hybridized carbons (Fsp3) is 0.333. The molecule has 0 aliphatic rings. The summed E-state index contributed by atoms with van der Waals surface area (Å²) in [5.74, 6) is 0. The molecule has 1 rings (SSSR count). The fourth-order valence-electron chi connectivity index (χ4n) is 0.772. The monoisotopic (exact) mass is 170 g/mol. The molecule has 0 bridgehead atoms. The molecule has 1 aromatic rings. The first-order valence-electron chi connectivity index (χ1n) is 3.48. The van der Waals surface area contributed by atoms with Gasteiger partial charge in [-0.2, -0.15) is 0 Å². The van der Waals surface area contributed by atoms with E-state index in [2.05, 4.69) is 15.3 Å². The van der Waals surface area contributed by atoms with Crippen molar-refractivity contribution in [1.29, 1.82) is 0 Å². The molecule has 0 aromatic carbocycles. The lowest BCUT2D eigenvalue weighted by Gasteiger charge is -2.00. The first-order chi connectivity index (χ1) is 5.83. The quantitative estimate of drug-likeness (QED) is 0.369. The zero-order chi connectivity index (χ0) is 8.81. The molecule has 66 valence electrons. The van der Waals surface area contributed by atoms with Gasteiger partial charge in [0.05, 0.1) is 6.33 Å². The molecule has 0 atom stereocenters. The van der Waals surface area contributed by atoms with Crippen LogP contribution in [0.5, 0.6) is 0 Å². The summed E-state index contributed by atoms with van der Waals surface area (Å²) >= 11 is 0. The van der Waals surface area contributed by atoms with Crippen molar-refractivity contribution in [2.75, 3.05) is 6.54 Å². The van der Waals surface area contributed by atoms with Crippen LogP contribution in [0, 0.1) is 0 Å². The Labute approximate surface area is 69.0 Å². The van der Waals surface area contributed by atoms with Crippen LogP contribution in [0.1, 0.15) is 5.69 Å². The minimum absolute atomic E-state index is 0.453. The van der Waals surface area contributed by atoms with Gasteiger partial charge >= 0.3 is 6.03 Å². The minimum Gasteiger partial charge on any atom is -0.348 e. The standard InChI is InChI=1S/C6H10N4O2/c11-6(10-12)8-2-1-5-3-7-4-9-5/h3-4,12H,1-2H2,(H,7,9)(H2,8,10,11). The SMILES string of the molecule is O=C(NO)NCCc1cnc[nH]1. The summed E-state index contributed by atoms with van der Waals surface area (Å²) in [7, 11) is 0. The Morgan fingerprint density at radius 2 is 2.58 bits per heavy atom. The largest absolute Gasteiger partial charge is 0.348 e. The Kier molecular flexibility index (Phi) is 3.09. The third kappa shape index (κ3) is 2.59. The van der Waals surface area contributed by atoms with Gasteiger partial charge in [0.15, 0.2) is 0 Å². The topological polar surface area (TPSA) is 90.0 Å². The van der Waals surface area contributed by atoms with E-state index < -0.39 is 6.03 Å². The molecule has 0 radical (unpaired) electrons. The van der Waals surface area contributed by atoms with Crippen LogP contribution in [-0.4, -0.2) is 27.8 Å². The molecule has 4 N–H and O–H groups in total. The Balaban J connectivity index is 2.15. The molecule has 0 fully saturated rings. The van der Waals surface area contributed by atoms with E-state index in [0.29, 0.717) is 13.0 Å². The third-order valence-electron chi connectivity index (χ3n) is 1.34. The van der Waals surface area contributed by atoms with Crippen LogP contribution in [0.25, 0.3) is 0 Å². The number of aromatic nitrogens is 2. The molecule has 12 heavy (non-hydrogen) atoms. The number of carbonyl (C=O) groups is 1. The number of aromatic amines is 1. The molecule has 1 aromatic heterocycles. The third-order valence-corrected chi connectivity index (χ3v) is 1.34. The van der Waals surface area contributed by atoms with Crippen molar-refractivity contribution in [3.05, 3.63) is 18.2 Å². The highest BCUT2D eigenvalue weighted by molar-refractivity contribution is 5.72. The molecule has 1 heterocycles. The molecule has 2 amide bonds. The van der Waals surface area contributed by atoms with Gasteiger partial charge in [0.25, 0.3) is 0 Å². The average Bonchev–Trinajstić information content (AvgIpc) is 2.57. The van der Waals surface area contributed by atoms with E-state index in [1.807, 2.05) is 0 Å². The Bertz CT molecular complexity index is 234. The zero-order valence-corrected chi connectivity index (χ0v) is 6.37. The van der Waals surface area contributed by atoms with Crippen molar-refractivity contribution in [3.8, 4) is 0 Å². The van der Waals surface area contributed by atoms with Gasteiger partial charge in [-0.15, -0.1) is 0 Å². The van der Waals surface area contributed by atoms with Gasteiger partial charge in [0.1, 0.15) is 0 Å². The fourth-order valence-corrected chi connectivity index (χ4v) is 0.772. The highest BCUT2D eigenvalue weighted by Crippen LogP contribution is 1.89. The number of carbonyl (C=O) groups excluding carboxylic acids is 1. The molecular formula is C6H10N4O2. The summed E-state index contributed by atoms with van der Waals surface area (Å²) in [6, 6.07) is -0.602. The van der Waals surface area contributed by atoms with E-state index in [9.17, 15) is 4.79 Å². The Morgan fingerprint density at radius 3 is 3.17 bits per heavy atom. The predicted octanol–water partition coefficient (Wildman–Crippen LogP) is -0.359. The number of rotatable bonds is 3. The molecule has 6 heteroatoms. The first-order valence-corrected chi connectivity index (χ1v) is 3.48. The average molecular weight is 170 g/mol. The Hall–Kier alpha value is -1.56. The summed E-state index contributed by atoms with van der Waals surface area (Å²) in [4.78, 5) is 17.1. The maximum Gasteiger partial charge on any atom is 0.338 e. The zero-order valence-electron chi connectivity index (χ0n) is 6.37. The maximum atomic E-state index is 10.4. The van der Waals surface area contributed by atoms with Crippen LogP contribution in [0.3, 0.4) is 0 Å². The minimum atomic E-state index is -0.602. The number of hydroxylamine groups is 1. The van der Waals surface area contributed by atoms with E-state index in [4.69, 9.17) is 5.21 Å². The van der Waals surface area contributed by atoms with Crippen molar-refractivity contribution >= 4 is 6.03 Å². The van der Waals surface area contributed by atoms with Crippen molar-refractivity contribution < 1.29 is 10.0 Å². The van der Waals surface area contributed by atoms with E-state index in [1.165, 1.54) is 5.48 Å². The summed E-state index contributed by atoms with van der Waals surface area (Å²) in [5.41, 5.74) is 2.41. The van der Waals surface area contributed by atoms with Gasteiger partial charge in [-0.25, -0.2) is 15.3 Å². The lowest BCUT2D eigenvalue weighted by atomic mass is 10.3. The molecule has 0 saturated carbocycles. The van der Waals surface area contributed by atoms with Gasteiger partial charge in [0.2, 0.25) is 0 Å². The van der Waals surface area contributed by atoms with Crippen molar-refractivity contribution in [3.63, 3.8) is 0 Å². The lowest BCUT2D eigenvalue weighted by Crippen LogP contribution is -2.34. The number of imidazole rings is 1. The number of hydrogen-bond acceptors (Lipinski definition) is 3.